The molecule has 14 heavy (non-hydrogen) atoms. The van der Waals surface area contributed by atoms with E-state index in [0.717, 1.165) is 0 Å². The lowest BCUT2D eigenvalue weighted by atomic mass is 10.00. The standard InChI is InChI=1S/C10H13NO3/c1-2-7-3-6(5-12)4-8(11)9(7)10(13)14/h3-4,12H,2,5,11H2,1H3,(H,13,14). The molecule has 0 aromatic heterocycles. The van der Waals surface area contributed by atoms with Gasteiger partial charge in [0, 0.05) is 5.69 Å². The first kappa shape index (κ1) is 10.5. The van der Waals surface area contributed by atoms with E-state index in [9.17, 15) is 4.79 Å². The van der Waals surface area contributed by atoms with Gasteiger partial charge in [-0.05, 0) is 23.6 Å². The number of aromatic carboxylic acids is 1. The predicted octanol–water partition coefficient (Wildman–Crippen LogP) is 1.02. The minimum absolute atomic E-state index is 0.128. The van der Waals surface area contributed by atoms with Crippen LogP contribution in [0.25, 0.3) is 0 Å². The lowest BCUT2D eigenvalue weighted by Crippen LogP contribution is -2.07. The van der Waals surface area contributed by atoms with Crippen LogP contribution in [0.5, 0.6) is 0 Å². The molecule has 0 aliphatic heterocycles. The number of carboxylic acid groups (broad SMARTS) is 1. The number of aryl methyl sites for hydroxylation is 1. The fraction of sp³-hybridized carbons (Fsp3) is 0.300. The Bertz CT molecular complexity index is 361. The van der Waals surface area contributed by atoms with Crippen molar-refractivity contribution in [2.75, 3.05) is 5.73 Å². The smallest absolute Gasteiger partial charge is 0.338 e. The topological polar surface area (TPSA) is 83.5 Å². The lowest BCUT2D eigenvalue weighted by molar-refractivity contribution is 0.0697. The molecule has 76 valence electrons. The Balaban J connectivity index is 3.34. The molecule has 1 aromatic carbocycles. The fourth-order valence-corrected chi connectivity index (χ4v) is 1.43. The third-order valence-electron chi connectivity index (χ3n) is 2.09. The summed E-state index contributed by atoms with van der Waals surface area (Å²) in [5.41, 5.74) is 7.23. The Kier molecular flexibility index (Phi) is 3.09. The molecule has 0 saturated carbocycles. The van der Waals surface area contributed by atoms with E-state index in [-0.39, 0.29) is 17.9 Å². The predicted molar refractivity (Wildman–Crippen MR) is 53.1 cm³/mol. The van der Waals surface area contributed by atoms with Crippen molar-refractivity contribution < 1.29 is 15.0 Å². The highest BCUT2D eigenvalue weighted by atomic mass is 16.4. The maximum absolute atomic E-state index is 10.9. The number of hydrogen-bond donors (Lipinski definition) is 3. The quantitative estimate of drug-likeness (QED) is 0.629. The van der Waals surface area contributed by atoms with E-state index < -0.39 is 5.97 Å². The Hall–Kier alpha value is -1.55. The second-order valence-corrected chi connectivity index (χ2v) is 3.04. The van der Waals surface area contributed by atoms with Gasteiger partial charge < -0.3 is 15.9 Å². The zero-order chi connectivity index (χ0) is 10.7. The van der Waals surface area contributed by atoms with Gasteiger partial charge in [-0.15, -0.1) is 0 Å². The number of nitrogens with two attached hydrogens (primary N) is 1. The molecular formula is C10H13NO3. The summed E-state index contributed by atoms with van der Waals surface area (Å²) in [6.45, 7) is 1.72. The molecule has 0 unspecified atom stereocenters. The molecule has 0 atom stereocenters. The van der Waals surface area contributed by atoms with Crippen molar-refractivity contribution in [3.8, 4) is 0 Å². The van der Waals surface area contributed by atoms with Crippen LogP contribution in [0.1, 0.15) is 28.4 Å². The van der Waals surface area contributed by atoms with E-state index >= 15 is 0 Å². The number of benzene rings is 1. The molecular weight excluding hydrogens is 182 g/mol. The summed E-state index contributed by atoms with van der Waals surface area (Å²) < 4.78 is 0. The van der Waals surface area contributed by atoms with Gasteiger partial charge in [0.15, 0.2) is 0 Å². The van der Waals surface area contributed by atoms with Gasteiger partial charge in [0.05, 0.1) is 12.2 Å². The van der Waals surface area contributed by atoms with E-state index in [0.29, 0.717) is 17.5 Å². The average molecular weight is 195 g/mol. The van der Waals surface area contributed by atoms with Crippen molar-refractivity contribution in [3.05, 3.63) is 28.8 Å². The minimum atomic E-state index is -1.02. The van der Waals surface area contributed by atoms with Crippen LogP contribution in [-0.2, 0) is 13.0 Å². The first-order valence-corrected chi connectivity index (χ1v) is 4.35. The average Bonchev–Trinajstić information content (AvgIpc) is 2.15. The van der Waals surface area contributed by atoms with E-state index in [2.05, 4.69) is 0 Å². The van der Waals surface area contributed by atoms with Crippen LogP contribution in [0.15, 0.2) is 12.1 Å². The van der Waals surface area contributed by atoms with Crippen LogP contribution < -0.4 is 5.73 Å². The van der Waals surface area contributed by atoms with Crippen LogP contribution in [0.4, 0.5) is 5.69 Å². The Morgan fingerprint density at radius 1 is 1.50 bits per heavy atom. The maximum Gasteiger partial charge on any atom is 0.338 e. The first-order chi connectivity index (χ1) is 6.60. The van der Waals surface area contributed by atoms with E-state index in [1.807, 2.05) is 6.92 Å². The molecule has 0 radical (unpaired) electrons. The summed E-state index contributed by atoms with van der Waals surface area (Å²) in [5.74, 6) is -1.02. The highest BCUT2D eigenvalue weighted by Gasteiger charge is 2.13. The Labute approximate surface area is 82.0 Å². The van der Waals surface area contributed by atoms with Gasteiger partial charge in [-0.3, -0.25) is 0 Å². The summed E-state index contributed by atoms with van der Waals surface area (Å²) in [5, 5.41) is 17.8. The second kappa shape index (κ2) is 4.11. The van der Waals surface area contributed by atoms with Crippen molar-refractivity contribution in [3.63, 3.8) is 0 Å². The zero-order valence-electron chi connectivity index (χ0n) is 7.95. The Morgan fingerprint density at radius 3 is 2.57 bits per heavy atom. The molecule has 0 spiro atoms. The minimum Gasteiger partial charge on any atom is -0.478 e. The van der Waals surface area contributed by atoms with Crippen molar-refractivity contribution in [1.29, 1.82) is 0 Å². The van der Waals surface area contributed by atoms with E-state index in [1.165, 1.54) is 6.07 Å². The summed E-state index contributed by atoms with van der Waals surface area (Å²) in [4.78, 5) is 10.9. The molecule has 0 saturated heterocycles. The first-order valence-electron chi connectivity index (χ1n) is 4.35. The van der Waals surface area contributed by atoms with Crippen molar-refractivity contribution in [2.24, 2.45) is 0 Å². The molecule has 0 aliphatic carbocycles. The van der Waals surface area contributed by atoms with Crippen LogP contribution in [0, 0.1) is 0 Å². The molecule has 0 amide bonds. The highest BCUT2D eigenvalue weighted by molar-refractivity contribution is 5.95. The van der Waals surface area contributed by atoms with Gasteiger partial charge in [0.2, 0.25) is 0 Å². The van der Waals surface area contributed by atoms with Crippen molar-refractivity contribution in [1.82, 2.24) is 0 Å². The largest absolute Gasteiger partial charge is 0.478 e. The third-order valence-corrected chi connectivity index (χ3v) is 2.09. The van der Waals surface area contributed by atoms with Crippen LogP contribution in [-0.4, -0.2) is 16.2 Å². The monoisotopic (exact) mass is 195 g/mol. The number of rotatable bonds is 3. The summed E-state index contributed by atoms with van der Waals surface area (Å²) >= 11 is 0. The molecule has 1 aromatic rings. The molecule has 4 N–H and O–H groups in total. The number of hydrogen-bond acceptors (Lipinski definition) is 3. The van der Waals surface area contributed by atoms with Crippen LogP contribution in [0.3, 0.4) is 0 Å². The van der Waals surface area contributed by atoms with Gasteiger partial charge in [-0.1, -0.05) is 13.0 Å². The number of carbonyl (C=O) groups is 1. The SMILES string of the molecule is CCc1cc(CO)cc(N)c1C(=O)O. The van der Waals surface area contributed by atoms with Gasteiger partial charge >= 0.3 is 5.97 Å². The zero-order valence-corrected chi connectivity index (χ0v) is 7.95. The van der Waals surface area contributed by atoms with Crippen LogP contribution in [0.2, 0.25) is 0 Å². The molecule has 0 bridgehead atoms. The molecule has 0 aliphatic rings. The highest BCUT2D eigenvalue weighted by Crippen LogP contribution is 2.20. The van der Waals surface area contributed by atoms with Crippen LogP contribution >= 0.6 is 0 Å². The van der Waals surface area contributed by atoms with Gasteiger partial charge in [-0.2, -0.15) is 0 Å². The summed E-state index contributed by atoms with van der Waals surface area (Å²) in [6, 6.07) is 3.16. The van der Waals surface area contributed by atoms with Gasteiger partial charge in [0.25, 0.3) is 0 Å². The Morgan fingerprint density at radius 2 is 2.14 bits per heavy atom. The summed E-state index contributed by atoms with van der Waals surface area (Å²) in [7, 11) is 0. The number of anilines is 1. The number of nitrogen functional groups attached to an aromatic ring is 1. The second-order valence-electron chi connectivity index (χ2n) is 3.04. The lowest BCUT2D eigenvalue weighted by Gasteiger charge is -2.09. The molecule has 0 fully saturated rings. The summed E-state index contributed by atoms with van der Waals surface area (Å²) in [6.07, 6.45) is 0.583. The number of aliphatic hydroxyl groups excluding tert-OH is 1. The molecule has 4 nitrogen and oxygen atoms in total. The molecule has 0 heterocycles. The number of aliphatic hydroxyl groups is 1. The third kappa shape index (κ3) is 1.85. The van der Waals surface area contributed by atoms with Crippen molar-refractivity contribution >= 4 is 11.7 Å². The fourth-order valence-electron chi connectivity index (χ4n) is 1.43. The van der Waals surface area contributed by atoms with Crippen molar-refractivity contribution in [2.45, 2.75) is 20.0 Å². The van der Waals surface area contributed by atoms with Gasteiger partial charge in [-0.25, -0.2) is 4.79 Å². The van der Waals surface area contributed by atoms with Gasteiger partial charge in [0.1, 0.15) is 0 Å². The number of carboxylic acids is 1. The maximum atomic E-state index is 10.9. The molecule has 4 heteroatoms. The van der Waals surface area contributed by atoms with E-state index in [4.69, 9.17) is 15.9 Å². The normalized spacial score (nSPS) is 10.1. The molecule has 1 rings (SSSR count). The van der Waals surface area contributed by atoms with E-state index in [1.54, 1.807) is 6.07 Å².